The summed E-state index contributed by atoms with van der Waals surface area (Å²) in [5.74, 6) is 0. The van der Waals surface area contributed by atoms with E-state index in [1.165, 1.54) is 4.31 Å². The molecule has 0 radical (unpaired) electrons. The van der Waals surface area contributed by atoms with Gasteiger partial charge >= 0.3 is 0 Å². The average molecular weight is 246 g/mol. The Labute approximate surface area is 92.8 Å². The molecule has 0 bridgehead atoms. The number of nitrogens with zero attached hydrogens (tertiary/aromatic N) is 1. The zero-order valence-corrected chi connectivity index (χ0v) is 10.7. The second kappa shape index (κ2) is 7.42. The van der Waals surface area contributed by atoms with Gasteiger partial charge in [0.2, 0.25) is 0 Å². The molecule has 0 aromatic carbocycles. The molecule has 0 rings (SSSR count). The van der Waals surface area contributed by atoms with Crippen LogP contribution in [0.3, 0.4) is 0 Å². The molecule has 0 spiro atoms. The molecule has 0 aliphatic rings. The fourth-order valence-corrected chi connectivity index (χ4v) is 1.63. The molecule has 0 amide bonds. The molecule has 2 N–H and O–H groups in total. The van der Waals surface area contributed by atoms with Crippen molar-refractivity contribution in [1.82, 2.24) is 14.3 Å². The summed E-state index contributed by atoms with van der Waals surface area (Å²) in [7, 11) is 0.0700. The topological polar surface area (TPSA) is 61.4 Å². The molecule has 14 heavy (non-hydrogen) atoms. The van der Waals surface area contributed by atoms with Gasteiger partial charge in [-0.15, -0.1) is 12.4 Å². The lowest BCUT2D eigenvalue weighted by molar-refractivity contribution is 0.466. The van der Waals surface area contributed by atoms with E-state index in [0.717, 1.165) is 0 Å². The maximum Gasteiger partial charge on any atom is 0.279 e. The lowest BCUT2D eigenvalue weighted by Crippen LogP contribution is -2.43. The van der Waals surface area contributed by atoms with Crippen LogP contribution in [0.2, 0.25) is 0 Å². The highest BCUT2D eigenvalue weighted by Gasteiger charge is 2.15. The van der Waals surface area contributed by atoms with Gasteiger partial charge in [-0.25, -0.2) is 4.72 Å². The summed E-state index contributed by atoms with van der Waals surface area (Å²) in [4.78, 5) is 0. The first-order valence-electron chi connectivity index (χ1n) is 4.32. The number of hydrogen-bond donors (Lipinski definition) is 2. The fraction of sp³-hybridized carbons (Fsp3) is 1.00. The van der Waals surface area contributed by atoms with Crippen molar-refractivity contribution in [2.24, 2.45) is 0 Å². The Hall–Kier alpha value is 0.120. The van der Waals surface area contributed by atoms with Crippen molar-refractivity contribution in [1.29, 1.82) is 0 Å². The van der Waals surface area contributed by atoms with E-state index in [9.17, 15) is 8.42 Å². The minimum atomic E-state index is -3.27. The zero-order valence-electron chi connectivity index (χ0n) is 9.07. The van der Waals surface area contributed by atoms with E-state index < -0.39 is 10.2 Å². The summed E-state index contributed by atoms with van der Waals surface area (Å²) in [6.45, 7) is 4.58. The van der Waals surface area contributed by atoms with Gasteiger partial charge in [0.05, 0.1) is 0 Å². The van der Waals surface area contributed by atoms with Gasteiger partial charge in [-0.2, -0.15) is 12.7 Å². The van der Waals surface area contributed by atoms with Crippen LogP contribution in [-0.4, -0.2) is 45.9 Å². The summed E-state index contributed by atoms with van der Waals surface area (Å²) in [5, 5.41) is 2.95. The van der Waals surface area contributed by atoms with Gasteiger partial charge in [0.25, 0.3) is 10.2 Å². The highest BCUT2D eigenvalue weighted by molar-refractivity contribution is 7.87. The molecule has 0 aromatic rings. The molecule has 1 atom stereocenters. The highest BCUT2D eigenvalue weighted by atomic mass is 35.5. The number of hydrogen-bond acceptors (Lipinski definition) is 3. The molecule has 0 saturated carbocycles. The van der Waals surface area contributed by atoms with Crippen LogP contribution in [0.4, 0.5) is 0 Å². The summed E-state index contributed by atoms with van der Waals surface area (Å²) in [5.41, 5.74) is 0. The van der Waals surface area contributed by atoms with Crippen LogP contribution in [0.1, 0.15) is 13.8 Å². The van der Waals surface area contributed by atoms with Gasteiger partial charge in [0, 0.05) is 26.2 Å². The minimum absolute atomic E-state index is 0. The van der Waals surface area contributed by atoms with E-state index in [2.05, 4.69) is 10.0 Å². The lowest BCUT2D eigenvalue weighted by Gasteiger charge is -2.17. The molecule has 88 valence electrons. The van der Waals surface area contributed by atoms with Gasteiger partial charge in [0.15, 0.2) is 0 Å². The Morgan fingerprint density at radius 2 is 1.93 bits per heavy atom. The third-order valence-electron chi connectivity index (χ3n) is 1.92. The molecule has 0 fully saturated rings. The third-order valence-corrected chi connectivity index (χ3v) is 3.53. The summed E-state index contributed by atoms with van der Waals surface area (Å²) < 4.78 is 26.5. The van der Waals surface area contributed by atoms with Crippen LogP contribution in [0, 0.1) is 0 Å². The van der Waals surface area contributed by atoms with Crippen LogP contribution in [0.5, 0.6) is 0 Å². The molecular formula is C7H20ClN3O2S. The summed E-state index contributed by atoms with van der Waals surface area (Å²) in [6, 6.07) is 0.139. The van der Waals surface area contributed by atoms with Crippen molar-refractivity contribution in [2.75, 3.05) is 27.2 Å². The van der Waals surface area contributed by atoms with Crippen LogP contribution in [-0.2, 0) is 10.2 Å². The molecule has 0 heterocycles. The van der Waals surface area contributed by atoms with Crippen LogP contribution in [0.15, 0.2) is 0 Å². The smallest absolute Gasteiger partial charge is 0.279 e. The minimum Gasteiger partial charge on any atom is -0.316 e. The van der Waals surface area contributed by atoms with Crippen molar-refractivity contribution < 1.29 is 8.42 Å². The van der Waals surface area contributed by atoms with Crippen molar-refractivity contribution in [3.63, 3.8) is 0 Å². The van der Waals surface area contributed by atoms with Gasteiger partial charge in [-0.05, 0) is 14.0 Å². The Balaban J connectivity index is 0. The van der Waals surface area contributed by atoms with Gasteiger partial charge < -0.3 is 5.32 Å². The van der Waals surface area contributed by atoms with E-state index in [1.54, 1.807) is 21.0 Å². The quantitative estimate of drug-likeness (QED) is 0.682. The van der Waals surface area contributed by atoms with Crippen LogP contribution < -0.4 is 10.0 Å². The number of likely N-dealkylation sites (N-methyl/N-ethyl adjacent to an activating group) is 1. The largest absolute Gasteiger partial charge is 0.316 e. The third kappa shape index (κ3) is 5.77. The Morgan fingerprint density at radius 1 is 1.43 bits per heavy atom. The standard InChI is InChI=1S/C7H19N3O2S.ClH/c1-5-10(4)13(11,12)9-6-7(2)8-3;/h7-9H,5-6H2,1-4H3;1H. The summed E-state index contributed by atoms with van der Waals surface area (Å²) in [6.07, 6.45) is 0. The Kier molecular flexibility index (Phi) is 8.77. The van der Waals surface area contributed by atoms with Gasteiger partial charge in [-0.3, -0.25) is 0 Å². The van der Waals surface area contributed by atoms with Gasteiger partial charge in [-0.1, -0.05) is 6.92 Å². The number of halogens is 1. The number of nitrogens with one attached hydrogen (secondary N) is 2. The average Bonchev–Trinajstić information content (AvgIpc) is 2.12. The molecule has 0 aliphatic carbocycles. The van der Waals surface area contributed by atoms with Crippen molar-refractivity contribution in [3.8, 4) is 0 Å². The second-order valence-corrected chi connectivity index (χ2v) is 4.82. The van der Waals surface area contributed by atoms with Crippen molar-refractivity contribution in [3.05, 3.63) is 0 Å². The van der Waals surface area contributed by atoms with E-state index >= 15 is 0 Å². The van der Waals surface area contributed by atoms with Crippen LogP contribution in [0.25, 0.3) is 0 Å². The zero-order chi connectivity index (χ0) is 10.5. The molecule has 5 nitrogen and oxygen atoms in total. The molecule has 0 saturated heterocycles. The van der Waals surface area contributed by atoms with E-state index in [-0.39, 0.29) is 18.4 Å². The number of rotatable bonds is 6. The van der Waals surface area contributed by atoms with E-state index in [1.807, 2.05) is 6.92 Å². The first-order valence-corrected chi connectivity index (χ1v) is 5.76. The monoisotopic (exact) mass is 245 g/mol. The molecular weight excluding hydrogens is 226 g/mol. The van der Waals surface area contributed by atoms with E-state index in [4.69, 9.17) is 0 Å². The Morgan fingerprint density at radius 3 is 2.29 bits per heavy atom. The second-order valence-electron chi connectivity index (χ2n) is 2.96. The van der Waals surface area contributed by atoms with Crippen LogP contribution >= 0.6 is 12.4 Å². The molecule has 0 aromatic heterocycles. The predicted molar refractivity (Wildman–Crippen MR) is 61.0 cm³/mol. The predicted octanol–water partition coefficient (Wildman–Crippen LogP) is -0.198. The maximum absolute atomic E-state index is 11.4. The fourth-order valence-electron chi connectivity index (χ4n) is 0.613. The normalized spacial score (nSPS) is 13.8. The first kappa shape index (κ1) is 16.5. The lowest BCUT2D eigenvalue weighted by atomic mass is 10.4. The first-order chi connectivity index (χ1) is 5.94. The molecule has 7 heteroatoms. The van der Waals surface area contributed by atoms with Crippen molar-refractivity contribution in [2.45, 2.75) is 19.9 Å². The SMILES string of the molecule is CCN(C)S(=O)(=O)NCC(C)NC.Cl. The van der Waals surface area contributed by atoms with Crippen molar-refractivity contribution >= 4 is 22.6 Å². The Bertz CT molecular complexity index is 233. The van der Waals surface area contributed by atoms with Gasteiger partial charge in [0.1, 0.15) is 0 Å². The molecule has 0 aliphatic heterocycles. The summed E-state index contributed by atoms with van der Waals surface area (Å²) >= 11 is 0. The molecule has 1 unspecified atom stereocenters. The highest BCUT2D eigenvalue weighted by Crippen LogP contribution is 1.92. The maximum atomic E-state index is 11.4. The van der Waals surface area contributed by atoms with E-state index in [0.29, 0.717) is 13.1 Å².